The standard InChI is InChI=1S/C13H20N2O5/c1-5-6-8(14)11(17)15-9(12(18)19)7-10(16)20-13(2,3)4/h1,8-9H,6-7,14H2,2-4H3,(H,15,17)(H,18,19)/t8?,9-/m0/s1. The molecule has 20 heavy (non-hydrogen) atoms. The van der Waals surface area contributed by atoms with Gasteiger partial charge < -0.3 is 20.9 Å². The highest BCUT2D eigenvalue weighted by atomic mass is 16.6. The monoisotopic (exact) mass is 284 g/mol. The van der Waals surface area contributed by atoms with Crippen molar-refractivity contribution in [3.63, 3.8) is 0 Å². The Labute approximate surface area is 117 Å². The van der Waals surface area contributed by atoms with Gasteiger partial charge in [0.2, 0.25) is 5.91 Å². The van der Waals surface area contributed by atoms with Crippen LogP contribution in [0.2, 0.25) is 0 Å². The van der Waals surface area contributed by atoms with Crippen LogP contribution in [0, 0.1) is 12.3 Å². The van der Waals surface area contributed by atoms with E-state index in [1.807, 2.05) is 0 Å². The first-order valence-corrected chi connectivity index (χ1v) is 6.01. The molecule has 0 radical (unpaired) electrons. The van der Waals surface area contributed by atoms with E-state index >= 15 is 0 Å². The van der Waals surface area contributed by atoms with Gasteiger partial charge in [0.15, 0.2) is 0 Å². The first kappa shape index (κ1) is 17.9. The molecule has 1 amide bonds. The number of nitrogens with one attached hydrogen (secondary N) is 1. The van der Waals surface area contributed by atoms with Crippen molar-refractivity contribution in [2.24, 2.45) is 5.73 Å². The van der Waals surface area contributed by atoms with E-state index in [2.05, 4.69) is 11.2 Å². The summed E-state index contributed by atoms with van der Waals surface area (Å²) in [4.78, 5) is 34.1. The molecule has 0 fully saturated rings. The number of carbonyl (C=O) groups excluding carboxylic acids is 2. The molecule has 7 heteroatoms. The second-order valence-corrected chi connectivity index (χ2v) is 5.20. The maximum atomic E-state index is 11.6. The van der Waals surface area contributed by atoms with Gasteiger partial charge >= 0.3 is 11.9 Å². The van der Waals surface area contributed by atoms with Crippen LogP contribution in [0.25, 0.3) is 0 Å². The van der Waals surface area contributed by atoms with Crippen molar-refractivity contribution in [2.75, 3.05) is 0 Å². The number of hydrogen-bond donors (Lipinski definition) is 3. The molecule has 0 aromatic heterocycles. The topological polar surface area (TPSA) is 119 Å². The van der Waals surface area contributed by atoms with Crippen LogP contribution in [0.4, 0.5) is 0 Å². The molecule has 0 aliphatic heterocycles. The van der Waals surface area contributed by atoms with Crippen LogP contribution >= 0.6 is 0 Å². The number of terminal acetylenes is 1. The summed E-state index contributed by atoms with van der Waals surface area (Å²) in [5, 5.41) is 11.1. The van der Waals surface area contributed by atoms with Crippen LogP contribution in [0.5, 0.6) is 0 Å². The number of amides is 1. The summed E-state index contributed by atoms with van der Waals surface area (Å²) in [7, 11) is 0. The summed E-state index contributed by atoms with van der Waals surface area (Å²) in [6.45, 7) is 4.96. The molecule has 0 heterocycles. The molecule has 0 aromatic carbocycles. The Kier molecular flexibility index (Phi) is 6.73. The lowest BCUT2D eigenvalue weighted by Crippen LogP contribution is -2.49. The normalized spacial score (nSPS) is 13.8. The van der Waals surface area contributed by atoms with Gasteiger partial charge in [0.1, 0.15) is 11.6 Å². The van der Waals surface area contributed by atoms with Crippen molar-refractivity contribution in [1.29, 1.82) is 0 Å². The zero-order valence-electron chi connectivity index (χ0n) is 11.8. The van der Waals surface area contributed by atoms with Gasteiger partial charge in [-0.05, 0) is 20.8 Å². The van der Waals surface area contributed by atoms with Crippen molar-refractivity contribution in [2.45, 2.75) is 51.3 Å². The SMILES string of the molecule is C#CCC(N)C(=O)N[C@@H](CC(=O)OC(C)(C)C)C(=O)O. The second-order valence-electron chi connectivity index (χ2n) is 5.20. The van der Waals surface area contributed by atoms with E-state index in [1.54, 1.807) is 20.8 Å². The molecule has 1 unspecified atom stereocenters. The number of rotatable bonds is 6. The molecule has 0 saturated heterocycles. The van der Waals surface area contributed by atoms with Gasteiger partial charge in [0.05, 0.1) is 12.5 Å². The number of ether oxygens (including phenoxy) is 1. The van der Waals surface area contributed by atoms with E-state index in [0.717, 1.165) is 0 Å². The fraction of sp³-hybridized carbons (Fsp3) is 0.615. The number of aliphatic carboxylic acids is 1. The number of carboxylic acid groups (broad SMARTS) is 1. The molecule has 2 atom stereocenters. The minimum atomic E-state index is -1.40. The predicted molar refractivity (Wildman–Crippen MR) is 71.5 cm³/mol. The van der Waals surface area contributed by atoms with Crippen LogP contribution in [-0.4, -0.2) is 40.6 Å². The van der Waals surface area contributed by atoms with E-state index in [-0.39, 0.29) is 6.42 Å². The fourth-order valence-corrected chi connectivity index (χ4v) is 1.25. The highest BCUT2D eigenvalue weighted by Gasteiger charge is 2.27. The zero-order valence-corrected chi connectivity index (χ0v) is 11.8. The Morgan fingerprint density at radius 3 is 2.35 bits per heavy atom. The van der Waals surface area contributed by atoms with Crippen molar-refractivity contribution in [1.82, 2.24) is 5.32 Å². The van der Waals surface area contributed by atoms with Crippen LogP contribution in [0.15, 0.2) is 0 Å². The third kappa shape index (κ3) is 7.38. The van der Waals surface area contributed by atoms with Gasteiger partial charge in [0.25, 0.3) is 0 Å². The van der Waals surface area contributed by atoms with E-state index in [9.17, 15) is 14.4 Å². The second kappa shape index (κ2) is 7.50. The third-order valence-corrected chi connectivity index (χ3v) is 2.08. The smallest absolute Gasteiger partial charge is 0.326 e. The highest BCUT2D eigenvalue weighted by molar-refractivity contribution is 5.89. The average Bonchev–Trinajstić information content (AvgIpc) is 2.25. The number of esters is 1. The molecular formula is C13H20N2O5. The molecule has 4 N–H and O–H groups in total. The molecule has 0 aliphatic carbocycles. The summed E-state index contributed by atoms with van der Waals surface area (Å²) in [6.07, 6.45) is 4.50. The van der Waals surface area contributed by atoms with Crippen LogP contribution in [0.1, 0.15) is 33.6 Å². The number of nitrogens with two attached hydrogens (primary N) is 1. The maximum Gasteiger partial charge on any atom is 0.326 e. The summed E-state index contributed by atoms with van der Waals surface area (Å²) >= 11 is 0. The molecule has 0 saturated carbocycles. The van der Waals surface area contributed by atoms with Gasteiger partial charge in [-0.25, -0.2) is 4.79 Å². The average molecular weight is 284 g/mol. The molecule has 0 bridgehead atoms. The van der Waals surface area contributed by atoms with E-state index in [0.29, 0.717) is 0 Å². The molecule has 0 rings (SSSR count). The Balaban J connectivity index is 4.60. The summed E-state index contributed by atoms with van der Waals surface area (Å²) in [6, 6.07) is -2.42. The van der Waals surface area contributed by atoms with Crippen molar-refractivity contribution in [3.05, 3.63) is 0 Å². The largest absolute Gasteiger partial charge is 0.480 e. The number of carbonyl (C=O) groups is 3. The van der Waals surface area contributed by atoms with Crippen LogP contribution in [0.3, 0.4) is 0 Å². The summed E-state index contributed by atoms with van der Waals surface area (Å²) < 4.78 is 4.99. The van der Waals surface area contributed by atoms with Gasteiger partial charge in [-0.2, -0.15) is 0 Å². The van der Waals surface area contributed by atoms with Crippen molar-refractivity contribution >= 4 is 17.8 Å². The molecular weight excluding hydrogens is 264 g/mol. The summed E-state index contributed by atoms with van der Waals surface area (Å²) in [5.41, 5.74) is 4.71. The maximum absolute atomic E-state index is 11.6. The fourth-order valence-electron chi connectivity index (χ4n) is 1.25. The molecule has 0 aromatic rings. The minimum absolute atomic E-state index is 0.0232. The quantitative estimate of drug-likeness (QED) is 0.452. The summed E-state index contributed by atoms with van der Waals surface area (Å²) in [5.74, 6) is -0.602. The molecule has 7 nitrogen and oxygen atoms in total. The van der Waals surface area contributed by atoms with Gasteiger partial charge in [0, 0.05) is 6.42 Å². The van der Waals surface area contributed by atoms with Gasteiger partial charge in [-0.15, -0.1) is 12.3 Å². The lowest BCUT2D eigenvalue weighted by molar-refractivity contribution is -0.158. The Morgan fingerprint density at radius 2 is 1.95 bits per heavy atom. The van der Waals surface area contributed by atoms with Crippen molar-refractivity contribution < 1.29 is 24.2 Å². The minimum Gasteiger partial charge on any atom is -0.480 e. The highest BCUT2D eigenvalue weighted by Crippen LogP contribution is 2.09. The Morgan fingerprint density at radius 1 is 1.40 bits per heavy atom. The van der Waals surface area contributed by atoms with E-state index < -0.39 is 42.0 Å². The zero-order chi connectivity index (χ0) is 15.9. The number of hydrogen-bond acceptors (Lipinski definition) is 5. The Hall–Kier alpha value is -2.07. The lowest BCUT2D eigenvalue weighted by Gasteiger charge is -2.21. The number of carboxylic acids is 1. The van der Waals surface area contributed by atoms with E-state index in [1.165, 1.54) is 0 Å². The first-order valence-electron chi connectivity index (χ1n) is 6.01. The van der Waals surface area contributed by atoms with Crippen molar-refractivity contribution in [3.8, 4) is 12.3 Å². The van der Waals surface area contributed by atoms with Gasteiger partial charge in [-0.1, -0.05) is 0 Å². The molecule has 0 spiro atoms. The molecule has 112 valence electrons. The van der Waals surface area contributed by atoms with Crippen LogP contribution < -0.4 is 11.1 Å². The Bertz CT molecular complexity index is 419. The van der Waals surface area contributed by atoms with E-state index in [4.69, 9.17) is 22.0 Å². The van der Waals surface area contributed by atoms with Gasteiger partial charge in [-0.3, -0.25) is 9.59 Å². The third-order valence-electron chi connectivity index (χ3n) is 2.08. The predicted octanol–water partition coefficient (Wildman–Crippen LogP) is -0.362. The molecule has 0 aliphatic rings. The lowest BCUT2D eigenvalue weighted by atomic mass is 10.1. The van der Waals surface area contributed by atoms with Crippen LogP contribution in [-0.2, 0) is 19.1 Å². The first-order chi connectivity index (χ1) is 9.06.